The predicted octanol–water partition coefficient (Wildman–Crippen LogP) is 3.76. The number of ether oxygens (including phenoxy) is 1. The van der Waals surface area contributed by atoms with E-state index in [0.29, 0.717) is 5.75 Å². The molecule has 0 spiro atoms. The van der Waals surface area contributed by atoms with Gasteiger partial charge in [0.1, 0.15) is 0 Å². The van der Waals surface area contributed by atoms with Gasteiger partial charge in [0.15, 0.2) is 11.5 Å². The fourth-order valence-electron chi connectivity index (χ4n) is 1.78. The average molecular weight is 243 g/mol. The minimum atomic E-state index is 0.143. The monoisotopic (exact) mass is 243 g/mol. The SMILES string of the molecule is COc1cc(Nc2cc(C)ccc2C)ccc1O. The van der Waals surface area contributed by atoms with Crippen molar-refractivity contribution in [2.45, 2.75) is 13.8 Å². The van der Waals surface area contributed by atoms with Gasteiger partial charge in [-0.15, -0.1) is 0 Å². The number of aryl methyl sites for hydroxylation is 2. The van der Waals surface area contributed by atoms with Gasteiger partial charge < -0.3 is 15.2 Å². The molecule has 0 fully saturated rings. The third kappa shape index (κ3) is 2.56. The Morgan fingerprint density at radius 2 is 1.83 bits per heavy atom. The molecule has 2 aromatic carbocycles. The summed E-state index contributed by atoms with van der Waals surface area (Å²) in [7, 11) is 1.54. The van der Waals surface area contributed by atoms with Crippen molar-refractivity contribution < 1.29 is 9.84 Å². The van der Waals surface area contributed by atoms with E-state index in [4.69, 9.17) is 4.74 Å². The van der Waals surface area contributed by atoms with Gasteiger partial charge in [-0.3, -0.25) is 0 Å². The molecule has 2 N–H and O–H groups in total. The van der Waals surface area contributed by atoms with Crippen LogP contribution >= 0.6 is 0 Å². The van der Waals surface area contributed by atoms with Gasteiger partial charge in [-0.05, 0) is 43.2 Å². The van der Waals surface area contributed by atoms with E-state index in [1.165, 1.54) is 18.2 Å². The number of anilines is 2. The second-order valence-electron chi connectivity index (χ2n) is 4.33. The number of phenolic OH excluding ortho intramolecular Hbond substituents is 1. The maximum Gasteiger partial charge on any atom is 0.162 e. The molecule has 0 aliphatic carbocycles. The summed E-state index contributed by atoms with van der Waals surface area (Å²) >= 11 is 0. The number of rotatable bonds is 3. The fourth-order valence-corrected chi connectivity index (χ4v) is 1.78. The van der Waals surface area contributed by atoms with Crippen molar-refractivity contribution in [1.82, 2.24) is 0 Å². The highest BCUT2D eigenvalue weighted by atomic mass is 16.5. The molecule has 0 radical (unpaired) electrons. The van der Waals surface area contributed by atoms with Crippen molar-refractivity contribution in [2.75, 3.05) is 12.4 Å². The Hall–Kier alpha value is -2.16. The molecule has 0 bridgehead atoms. The van der Waals surface area contributed by atoms with Crippen LogP contribution in [0.3, 0.4) is 0 Å². The van der Waals surface area contributed by atoms with Crippen LogP contribution in [0.4, 0.5) is 11.4 Å². The molecule has 0 amide bonds. The minimum Gasteiger partial charge on any atom is -0.504 e. The first-order chi connectivity index (χ1) is 8.60. The molecule has 3 nitrogen and oxygen atoms in total. The minimum absolute atomic E-state index is 0.143. The van der Waals surface area contributed by atoms with Gasteiger partial charge in [-0.1, -0.05) is 12.1 Å². The lowest BCUT2D eigenvalue weighted by Gasteiger charge is -2.12. The summed E-state index contributed by atoms with van der Waals surface area (Å²) in [6.45, 7) is 4.11. The van der Waals surface area contributed by atoms with Crippen molar-refractivity contribution >= 4 is 11.4 Å². The summed E-state index contributed by atoms with van der Waals surface area (Å²) < 4.78 is 5.09. The van der Waals surface area contributed by atoms with Gasteiger partial charge in [0.2, 0.25) is 0 Å². The molecular weight excluding hydrogens is 226 g/mol. The zero-order valence-electron chi connectivity index (χ0n) is 10.8. The second kappa shape index (κ2) is 5.00. The van der Waals surface area contributed by atoms with E-state index in [9.17, 15) is 5.11 Å². The van der Waals surface area contributed by atoms with Crippen LogP contribution in [0.1, 0.15) is 11.1 Å². The van der Waals surface area contributed by atoms with Crippen LogP contribution in [0.5, 0.6) is 11.5 Å². The Morgan fingerprint density at radius 1 is 1.06 bits per heavy atom. The van der Waals surface area contributed by atoms with Crippen LogP contribution in [0.2, 0.25) is 0 Å². The average Bonchev–Trinajstić information content (AvgIpc) is 2.36. The number of hydrogen-bond acceptors (Lipinski definition) is 3. The molecule has 2 aromatic rings. The number of aromatic hydroxyl groups is 1. The summed E-state index contributed by atoms with van der Waals surface area (Å²) in [4.78, 5) is 0. The summed E-state index contributed by atoms with van der Waals surface area (Å²) in [6, 6.07) is 11.5. The highest BCUT2D eigenvalue weighted by Crippen LogP contribution is 2.31. The summed E-state index contributed by atoms with van der Waals surface area (Å²) in [6.07, 6.45) is 0. The van der Waals surface area contributed by atoms with Crippen molar-refractivity contribution in [3.05, 3.63) is 47.5 Å². The molecule has 3 heteroatoms. The zero-order valence-corrected chi connectivity index (χ0v) is 10.8. The standard InChI is InChI=1S/C15H17NO2/c1-10-4-5-11(2)13(8-10)16-12-6-7-14(17)15(9-12)18-3/h4-9,16-17H,1-3H3. The van der Waals surface area contributed by atoms with Gasteiger partial charge in [-0.25, -0.2) is 0 Å². The van der Waals surface area contributed by atoms with Crippen molar-refractivity contribution in [1.29, 1.82) is 0 Å². The summed E-state index contributed by atoms with van der Waals surface area (Å²) in [5, 5.41) is 12.9. The van der Waals surface area contributed by atoms with E-state index in [1.54, 1.807) is 12.1 Å². The maximum absolute atomic E-state index is 9.55. The highest BCUT2D eigenvalue weighted by molar-refractivity contribution is 5.66. The highest BCUT2D eigenvalue weighted by Gasteiger charge is 2.04. The lowest BCUT2D eigenvalue weighted by atomic mass is 10.1. The molecule has 0 saturated heterocycles. The van der Waals surface area contributed by atoms with Gasteiger partial charge in [-0.2, -0.15) is 0 Å². The van der Waals surface area contributed by atoms with E-state index >= 15 is 0 Å². The Morgan fingerprint density at radius 3 is 2.56 bits per heavy atom. The van der Waals surface area contributed by atoms with Gasteiger partial charge in [0.05, 0.1) is 7.11 Å². The lowest BCUT2D eigenvalue weighted by Crippen LogP contribution is -1.94. The molecule has 0 saturated carbocycles. The fraction of sp³-hybridized carbons (Fsp3) is 0.200. The van der Waals surface area contributed by atoms with Crippen molar-refractivity contribution in [3.8, 4) is 11.5 Å². The van der Waals surface area contributed by atoms with Crippen LogP contribution in [-0.2, 0) is 0 Å². The van der Waals surface area contributed by atoms with E-state index in [1.807, 2.05) is 6.07 Å². The van der Waals surface area contributed by atoms with Crippen LogP contribution in [0, 0.1) is 13.8 Å². The predicted molar refractivity (Wildman–Crippen MR) is 73.9 cm³/mol. The molecule has 0 aliphatic heterocycles. The Balaban J connectivity index is 2.31. The smallest absolute Gasteiger partial charge is 0.162 e. The lowest BCUT2D eigenvalue weighted by molar-refractivity contribution is 0.374. The number of benzene rings is 2. The first kappa shape index (κ1) is 12.3. The second-order valence-corrected chi connectivity index (χ2v) is 4.33. The molecule has 0 heterocycles. The van der Waals surface area contributed by atoms with Crippen molar-refractivity contribution in [3.63, 3.8) is 0 Å². The number of nitrogens with one attached hydrogen (secondary N) is 1. The first-order valence-corrected chi connectivity index (χ1v) is 5.81. The van der Waals surface area contributed by atoms with Gasteiger partial charge in [0, 0.05) is 17.4 Å². The molecule has 18 heavy (non-hydrogen) atoms. The van der Waals surface area contributed by atoms with Crippen LogP contribution in [0.25, 0.3) is 0 Å². The Bertz CT molecular complexity index is 564. The number of methoxy groups -OCH3 is 1. The van der Waals surface area contributed by atoms with E-state index < -0.39 is 0 Å². The zero-order chi connectivity index (χ0) is 13.1. The van der Waals surface area contributed by atoms with Gasteiger partial charge in [0.25, 0.3) is 0 Å². The largest absolute Gasteiger partial charge is 0.504 e. The van der Waals surface area contributed by atoms with E-state index in [0.717, 1.165) is 11.4 Å². The van der Waals surface area contributed by atoms with Crippen LogP contribution < -0.4 is 10.1 Å². The quantitative estimate of drug-likeness (QED) is 0.806. The van der Waals surface area contributed by atoms with Crippen LogP contribution in [-0.4, -0.2) is 12.2 Å². The molecule has 0 atom stereocenters. The number of phenols is 1. The topological polar surface area (TPSA) is 41.5 Å². The van der Waals surface area contributed by atoms with E-state index in [-0.39, 0.29) is 5.75 Å². The first-order valence-electron chi connectivity index (χ1n) is 5.81. The van der Waals surface area contributed by atoms with Gasteiger partial charge >= 0.3 is 0 Å². The van der Waals surface area contributed by atoms with Crippen LogP contribution in [0.15, 0.2) is 36.4 Å². The molecule has 2 rings (SSSR count). The molecule has 0 aliphatic rings. The Kier molecular flexibility index (Phi) is 3.42. The maximum atomic E-state index is 9.55. The third-order valence-corrected chi connectivity index (χ3v) is 2.85. The Labute approximate surface area is 107 Å². The molecule has 94 valence electrons. The summed E-state index contributed by atoms with van der Waals surface area (Å²) in [5.74, 6) is 0.606. The summed E-state index contributed by atoms with van der Waals surface area (Å²) in [5.41, 5.74) is 4.32. The van der Waals surface area contributed by atoms with E-state index in [2.05, 4.69) is 37.4 Å². The molecule has 0 aromatic heterocycles. The number of hydrogen-bond donors (Lipinski definition) is 2. The normalized spacial score (nSPS) is 10.2. The molecular formula is C15H17NO2. The van der Waals surface area contributed by atoms with Crippen molar-refractivity contribution in [2.24, 2.45) is 0 Å². The molecule has 0 unspecified atom stereocenters. The third-order valence-electron chi connectivity index (χ3n) is 2.85.